The third-order valence-corrected chi connectivity index (χ3v) is 4.90. The lowest BCUT2D eigenvalue weighted by atomic mass is 9.95. The van der Waals surface area contributed by atoms with Crippen molar-refractivity contribution in [2.24, 2.45) is 0 Å². The van der Waals surface area contributed by atoms with Crippen LogP contribution >= 0.6 is 0 Å². The lowest BCUT2D eigenvalue weighted by Crippen LogP contribution is -2.09. The third-order valence-electron chi connectivity index (χ3n) is 4.90. The zero-order valence-corrected chi connectivity index (χ0v) is 16.6. The number of alkyl halides is 3. The Morgan fingerprint density at radius 2 is 1.67 bits per heavy atom. The van der Waals surface area contributed by atoms with Crippen molar-refractivity contribution in [2.75, 3.05) is 7.11 Å². The number of ether oxygens (including phenoxy) is 1. The summed E-state index contributed by atoms with van der Waals surface area (Å²) in [7, 11) is 1.31. The molecule has 0 bridgehead atoms. The van der Waals surface area contributed by atoms with Crippen molar-refractivity contribution in [3.8, 4) is 16.9 Å². The van der Waals surface area contributed by atoms with Crippen LogP contribution < -0.4 is 4.74 Å². The van der Waals surface area contributed by atoms with Gasteiger partial charge in [0.2, 0.25) is 0 Å². The smallest absolute Gasteiger partial charge is 0.417 e. The highest BCUT2D eigenvalue weighted by molar-refractivity contribution is 5.83. The van der Waals surface area contributed by atoms with E-state index in [2.05, 4.69) is 6.58 Å². The third kappa shape index (κ3) is 4.30. The Hall–Kier alpha value is -3.34. The summed E-state index contributed by atoms with van der Waals surface area (Å²) in [5.41, 5.74) is 1.57. The Bertz CT molecular complexity index is 1100. The van der Waals surface area contributed by atoms with Gasteiger partial charge < -0.3 is 4.74 Å². The summed E-state index contributed by atoms with van der Waals surface area (Å²) in [5.74, 6) is -0.879. The van der Waals surface area contributed by atoms with E-state index in [9.17, 15) is 13.2 Å². The van der Waals surface area contributed by atoms with Crippen LogP contribution in [0.1, 0.15) is 27.8 Å². The fourth-order valence-corrected chi connectivity index (χ4v) is 3.32. The van der Waals surface area contributed by atoms with E-state index in [0.717, 1.165) is 34.9 Å². The van der Waals surface area contributed by atoms with Gasteiger partial charge in [0.25, 0.3) is 0 Å². The van der Waals surface area contributed by atoms with Crippen molar-refractivity contribution >= 4 is 18.0 Å². The van der Waals surface area contributed by atoms with Gasteiger partial charge in [-0.1, -0.05) is 61.2 Å². The maximum Gasteiger partial charge on any atom is 0.417 e. The van der Waals surface area contributed by atoms with Crippen LogP contribution in [-0.4, -0.2) is 7.11 Å². The van der Waals surface area contributed by atoms with Crippen LogP contribution in [0.15, 0.2) is 67.2 Å². The van der Waals surface area contributed by atoms with Crippen molar-refractivity contribution in [3.05, 3.63) is 95.1 Å². The van der Waals surface area contributed by atoms with Crippen molar-refractivity contribution in [1.29, 1.82) is 0 Å². The summed E-state index contributed by atoms with van der Waals surface area (Å²) in [6.07, 6.45) is -2.36. The molecule has 0 amide bonds. The lowest BCUT2D eigenvalue weighted by Gasteiger charge is -2.16. The molecule has 5 heteroatoms. The van der Waals surface area contributed by atoms with E-state index in [1.165, 1.54) is 13.2 Å². The summed E-state index contributed by atoms with van der Waals surface area (Å²) < 4.78 is 61.1. The fraction of sp³-hybridized carbons (Fsp3) is 0.120. The van der Waals surface area contributed by atoms with Gasteiger partial charge >= 0.3 is 6.18 Å². The first-order chi connectivity index (χ1) is 14.3. The highest BCUT2D eigenvalue weighted by Gasteiger charge is 2.35. The van der Waals surface area contributed by atoms with Crippen molar-refractivity contribution < 1.29 is 22.3 Å². The molecule has 0 radical (unpaired) electrons. The van der Waals surface area contributed by atoms with Crippen LogP contribution in [0.3, 0.4) is 0 Å². The van der Waals surface area contributed by atoms with Crippen LogP contribution in [0, 0.1) is 6.92 Å². The van der Waals surface area contributed by atoms with E-state index < -0.39 is 23.1 Å². The summed E-state index contributed by atoms with van der Waals surface area (Å²) in [4.78, 5) is 0. The Labute approximate surface area is 172 Å². The number of methoxy groups -OCH3 is 1. The molecule has 3 aromatic carbocycles. The topological polar surface area (TPSA) is 9.23 Å². The highest BCUT2D eigenvalue weighted by Crippen LogP contribution is 2.40. The Morgan fingerprint density at radius 3 is 2.27 bits per heavy atom. The molecule has 3 aromatic rings. The number of hydrogen-bond donors (Lipinski definition) is 0. The van der Waals surface area contributed by atoms with Gasteiger partial charge in [-0.15, -0.1) is 0 Å². The second kappa shape index (κ2) is 8.57. The average Bonchev–Trinajstić information content (AvgIpc) is 2.74. The molecule has 0 aliphatic rings. The van der Waals surface area contributed by atoms with Gasteiger partial charge in [0.1, 0.15) is 11.6 Å². The van der Waals surface area contributed by atoms with Crippen LogP contribution in [0.4, 0.5) is 17.6 Å². The summed E-state index contributed by atoms with van der Waals surface area (Å²) in [5, 5.41) is 0. The van der Waals surface area contributed by atoms with E-state index in [1.807, 2.05) is 43.3 Å². The molecule has 30 heavy (non-hydrogen) atoms. The van der Waals surface area contributed by atoms with Gasteiger partial charge in [0, 0.05) is 11.1 Å². The quantitative estimate of drug-likeness (QED) is 0.307. The zero-order valence-electron chi connectivity index (χ0n) is 16.6. The molecule has 0 saturated carbocycles. The van der Waals surface area contributed by atoms with Gasteiger partial charge in [0.05, 0.1) is 12.7 Å². The van der Waals surface area contributed by atoms with Gasteiger partial charge in [-0.2, -0.15) is 13.2 Å². The van der Waals surface area contributed by atoms with Crippen LogP contribution in [0.5, 0.6) is 5.75 Å². The summed E-state index contributed by atoms with van der Waals surface area (Å²) in [6, 6.07) is 16.7. The fourth-order valence-electron chi connectivity index (χ4n) is 3.32. The first kappa shape index (κ1) is 21.4. The molecule has 0 aliphatic heterocycles. The van der Waals surface area contributed by atoms with Gasteiger partial charge in [-0.25, -0.2) is 4.39 Å². The largest absolute Gasteiger partial charge is 0.496 e. The van der Waals surface area contributed by atoms with Crippen molar-refractivity contribution in [2.45, 2.75) is 13.1 Å². The molecule has 0 spiro atoms. The maximum atomic E-state index is 15.2. The van der Waals surface area contributed by atoms with Crippen LogP contribution in [0.2, 0.25) is 0 Å². The van der Waals surface area contributed by atoms with E-state index in [0.29, 0.717) is 5.56 Å². The minimum absolute atomic E-state index is 0.117. The van der Waals surface area contributed by atoms with Crippen LogP contribution in [-0.2, 0) is 6.18 Å². The van der Waals surface area contributed by atoms with E-state index in [-0.39, 0.29) is 11.3 Å². The van der Waals surface area contributed by atoms with Crippen LogP contribution in [0.25, 0.3) is 29.1 Å². The predicted octanol–water partition coefficient (Wildman–Crippen LogP) is 7.80. The Kier molecular flexibility index (Phi) is 6.11. The molecule has 0 unspecified atom stereocenters. The normalized spacial score (nSPS) is 12.0. The molecule has 154 valence electrons. The van der Waals surface area contributed by atoms with Crippen molar-refractivity contribution in [3.63, 3.8) is 0 Å². The van der Waals surface area contributed by atoms with E-state index in [4.69, 9.17) is 4.74 Å². The standard InChI is InChI=1S/C25H20F4O/c1-4-17-13-22(25(27,28)29)21(15-24(17)30-3)23(26)14-19-11-8-12-20(16(19)2)18-9-6-5-7-10-18/h4-15H,1H2,2-3H3/b23-14-. The SMILES string of the molecule is C=Cc1cc(C(F)(F)F)c(/C(F)=C/c2cccc(-c3ccccc3)c2C)cc1OC. The first-order valence-electron chi connectivity index (χ1n) is 9.20. The van der Waals surface area contributed by atoms with Gasteiger partial charge in [-0.3, -0.25) is 0 Å². The molecule has 0 fully saturated rings. The minimum Gasteiger partial charge on any atom is -0.496 e. The Morgan fingerprint density at radius 1 is 0.967 bits per heavy atom. The molecule has 1 nitrogen and oxygen atoms in total. The minimum atomic E-state index is -4.73. The molecule has 0 aromatic heterocycles. The summed E-state index contributed by atoms with van der Waals surface area (Å²) >= 11 is 0. The molecule has 0 heterocycles. The average molecular weight is 412 g/mol. The zero-order chi connectivity index (χ0) is 21.9. The molecular formula is C25H20F4O. The van der Waals surface area contributed by atoms with Gasteiger partial charge in [-0.05, 0) is 47.4 Å². The molecule has 0 atom stereocenters. The molecule has 3 rings (SSSR count). The second-order valence-electron chi connectivity index (χ2n) is 6.72. The summed E-state index contributed by atoms with van der Waals surface area (Å²) in [6.45, 7) is 5.31. The van der Waals surface area contributed by atoms with Crippen molar-refractivity contribution in [1.82, 2.24) is 0 Å². The van der Waals surface area contributed by atoms with Gasteiger partial charge in [0.15, 0.2) is 0 Å². The Balaban J connectivity index is 2.16. The molecule has 0 N–H and O–H groups in total. The number of benzene rings is 3. The predicted molar refractivity (Wildman–Crippen MR) is 114 cm³/mol. The second-order valence-corrected chi connectivity index (χ2v) is 6.72. The first-order valence-corrected chi connectivity index (χ1v) is 9.20. The molecule has 0 aliphatic carbocycles. The number of halogens is 4. The number of rotatable bonds is 5. The van der Waals surface area contributed by atoms with E-state index in [1.54, 1.807) is 12.1 Å². The lowest BCUT2D eigenvalue weighted by molar-refractivity contribution is -0.137. The monoisotopic (exact) mass is 412 g/mol. The number of hydrogen-bond acceptors (Lipinski definition) is 1. The maximum absolute atomic E-state index is 15.2. The molecule has 0 saturated heterocycles. The molecular weight excluding hydrogens is 392 g/mol. The highest BCUT2D eigenvalue weighted by atomic mass is 19.4. The van der Waals surface area contributed by atoms with E-state index >= 15 is 4.39 Å².